The van der Waals surface area contributed by atoms with Gasteiger partial charge in [0.1, 0.15) is 40.6 Å². The van der Waals surface area contributed by atoms with Crippen molar-refractivity contribution < 1.29 is 23.5 Å². The number of rotatable bonds is 8. The summed E-state index contributed by atoms with van der Waals surface area (Å²) in [5, 5.41) is 7.60. The fourth-order valence-corrected chi connectivity index (χ4v) is 5.33. The quantitative estimate of drug-likeness (QED) is 0.186. The Morgan fingerprint density at radius 3 is 2.57 bits per heavy atom. The third-order valence-corrected chi connectivity index (χ3v) is 7.47. The first kappa shape index (κ1) is 29.0. The van der Waals surface area contributed by atoms with E-state index in [-0.39, 0.29) is 42.8 Å². The number of pyridine rings is 2. The average Bonchev–Trinajstić information content (AvgIpc) is 3.58. The molecule has 6 rings (SSSR count). The highest BCUT2D eigenvalue weighted by atomic mass is 79.9. The zero-order chi connectivity index (χ0) is 30.8. The number of alkyl halides is 1. The topological polar surface area (TPSA) is 145 Å². The molecule has 1 N–H and O–H groups in total. The molecule has 0 radical (unpaired) electrons. The average molecular weight is 659 g/mol. The van der Waals surface area contributed by atoms with Gasteiger partial charge in [0, 0.05) is 49.1 Å². The molecule has 0 bridgehead atoms. The third kappa shape index (κ3) is 6.15. The van der Waals surface area contributed by atoms with E-state index in [0.29, 0.717) is 26.8 Å². The van der Waals surface area contributed by atoms with Crippen molar-refractivity contribution >= 4 is 50.2 Å². The van der Waals surface area contributed by atoms with Crippen molar-refractivity contribution in [3.63, 3.8) is 0 Å². The predicted octanol–water partition coefficient (Wildman–Crippen LogP) is 4.62. The standard InChI is InChI=1S/C30H24BrFN8O4/c1-17(41)28-22-11-18(19-13-34-30(35-14-19)44-21-7-9-33-10-8-21)5-6-23(22)40(38-28)16-27(42)39-15-20(32)12-24(39)29(43)37-26-4-2-3-25(31)36-26/h2-11,13-14,20,24H,12,15-16H2,1H3,(H,36,37,43)/t20-,24+/m1/s1. The zero-order valence-electron chi connectivity index (χ0n) is 23.2. The summed E-state index contributed by atoms with van der Waals surface area (Å²) in [6.07, 6.45) is 4.89. The van der Waals surface area contributed by atoms with Gasteiger partial charge >= 0.3 is 6.01 Å². The Balaban J connectivity index is 1.22. The van der Waals surface area contributed by atoms with Crippen molar-refractivity contribution in [1.82, 2.24) is 34.6 Å². The van der Waals surface area contributed by atoms with Gasteiger partial charge in [0.05, 0.1) is 12.1 Å². The summed E-state index contributed by atoms with van der Waals surface area (Å²) in [4.78, 5) is 56.9. The van der Waals surface area contributed by atoms with Gasteiger partial charge in [-0.05, 0) is 57.9 Å². The summed E-state index contributed by atoms with van der Waals surface area (Å²) in [5.74, 6) is -0.511. The first-order valence-electron chi connectivity index (χ1n) is 13.5. The van der Waals surface area contributed by atoms with E-state index in [1.165, 1.54) is 16.5 Å². The Morgan fingerprint density at radius 1 is 1.07 bits per heavy atom. The van der Waals surface area contributed by atoms with E-state index in [2.05, 4.69) is 46.3 Å². The van der Waals surface area contributed by atoms with Crippen molar-refractivity contribution in [2.75, 3.05) is 11.9 Å². The summed E-state index contributed by atoms with van der Waals surface area (Å²) >= 11 is 3.25. The number of anilines is 1. The number of nitrogens with one attached hydrogen (secondary N) is 1. The van der Waals surface area contributed by atoms with E-state index in [1.54, 1.807) is 73.3 Å². The lowest BCUT2D eigenvalue weighted by Crippen LogP contribution is -2.44. The van der Waals surface area contributed by atoms with Crippen LogP contribution in [0.1, 0.15) is 23.8 Å². The molecule has 0 spiro atoms. The molecule has 1 aromatic carbocycles. The van der Waals surface area contributed by atoms with Crippen LogP contribution in [0.4, 0.5) is 10.2 Å². The molecule has 14 heteroatoms. The highest BCUT2D eigenvalue weighted by Gasteiger charge is 2.40. The first-order chi connectivity index (χ1) is 21.2. The molecule has 44 heavy (non-hydrogen) atoms. The van der Waals surface area contributed by atoms with Crippen LogP contribution in [-0.4, -0.2) is 71.0 Å². The molecular formula is C30H24BrFN8O4. The number of aromatic nitrogens is 6. The van der Waals surface area contributed by atoms with Crippen LogP contribution in [0.3, 0.4) is 0 Å². The molecule has 2 amide bonds. The number of nitrogens with zero attached hydrogens (tertiary/aromatic N) is 7. The molecule has 5 aromatic rings. The Hall–Kier alpha value is -5.11. The number of halogens is 2. The van der Waals surface area contributed by atoms with Gasteiger partial charge in [-0.15, -0.1) is 0 Å². The van der Waals surface area contributed by atoms with Crippen LogP contribution in [-0.2, 0) is 16.1 Å². The molecule has 5 heterocycles. The van der Waals surface area contributed by atoms with Crippen molar-refractivity contribution in [2.24, 2.45) is 0 Å². The van der Waals surface area contributed by atoms with E-state index < -0.39 is 24.0 Å². The van der Waals surface area contributed by atoms with Crippen molar-refractivity contribution in [1.29, 1.82) is 0 Å². The van der Waals surface area contributed by atoms with Crippen LogP contribution in [0.15, 0.2) is 77.9 Å². The number of ketones is 1. The largest absolute Gasteiger partial charge is 0.424 e. The number of amides is 2. The normalized spacial score (nSPS) is 16.2. The summed E-state index contributed by atoms with van der Waals surface area (Å²) in [6, 6.07) is 12.8. The maximum atomic E-state index is 14.5. The lowest BCUT2D eigenvalue weighted by atomic mass is 10.0. The molecular weight excluding hydrogens is 635 g/mol. The molecule has 1 aliphatic heterocycles. The van der Waals surface area contributed by atoms with Gasteiger partial charge in [0.25, 0.3) is 0 Å². The number of Topliss-reactive ketones (excluding diaryl/α,β-unsaturated/α-hetero) is 1. The Labute approximate surface area is 258 Å². The fraction of sp³-hybridized carbons (Fsp3) is 0.200. The fourth-order valence-electron chi connectivity index (χ4n) is 4.98. The minimum Gasteiger partial charge on any atom is -0.424 e. The smallest absolute Gasteiger partial charge is 0.321 e. The van der Waals surface area contributed by atoms with Gasteiger partial charge in [-0.2, -0.15) is 5.10 Å². The minimum absolute atomic E-state index is 0.137. The molecule has 0 unspecified atom stereocenters. The maximum Gasteiger partial charge on any atom is 0.321 e. The number of carbonyl (C=O) groups is 3. The highest BCUT2D eigenvalue weighted by molar-refractivity contribution is 9.10. The second-order valence-corrected chi connectivity index (χ2v) is 10.9. The lowest BCUT2D eigenvalue weighted by molar-refractivity contribution is -0.137. The van der Waals surface area contributed by atoms with Crippen LogP contribution in [0.2, 0.25) is 0 Å². The molecule has 222 valence electrons. The summed E-state index contributed by atoms with van der Waals surface area (Å²) in [7, 11) is 0. The maximum absolute atomic E-state index is 14.5. The van der Waals surface area contributed by atoms with E-state index in [0.717, 1.165) is 5.56 Å². The molecule has 1 aliphatic rings. The summed E-state index contributed by atoms with van der Waals surface area (Å²) < 4.78 is 22.1. The predicted molar refractivity (Wildman–Crippen MR) is 161 cm³/mol. The number of hydrogen-bond donors (Lipinski definition) is 1. The van der Waals surface area contributed by atoms with E-state index in [1.807, 2.05) is 0 Å². The van der Waals surface area contributed by atoms with E-state index in [4.69, 9.17) is 4.74 Å². The van der Waals surface area contributed by atoms with E-state index in [9.17, 15) is 18.8 Å². The molecule has 0 saturated carbocycles. The Kier molecular flexibility index (Phi) is 8.07. The minimum atomic E-state index is -1.36. The molecule has 0 aliphatic carbocycles. The molecule has 2 atom stereocenters. The van der Waals surface area contributed by atoms with Crippen molar-refractivity contribution in [3.05, 3.63) is 83.6 Å². The molecule has 1 fully saturated rings. The van der Waals surface area contributed by atoms with Crippen LogP contribution in [0.5, 0.6) is 11.8 Å². The second kappa shape index (κ2) is 12.2. The van der Waals surface area contributed by atoms with Crippen molar-refractivity contribution in [3.8, 4) is 22.9 Å². The third-order valence-electron chi connectivity index (χ3n) is 7.03. The summed E-state index contributed by atoms with van der Waals surface area (Å²) in [6.45, 7) is 0.866. The van der Waals surface area contributed by atoms with Gasteiger partial charge in [-0.1, -0.05) is 12.1 Å². The van der Waals surface area contributed by atoms with Crippen LogP contribution < -0.4 is 10.1 Å². The number of hydrogen-bond acceptors (Lipinski definition) is 9. The van der Waals surface area contributed by atoms with Crippen LogP contribution >= 0.6 is 15.9 Å². The number of benzene rings is 1. The van der Waals surface area contributed by atoms with Gasteiger partial charge in [-0.25, -0.2) is 19.3 Å². The second-order valence-electron chi connectivity index (χ2n) is 10.1. The van der Waals surface area contributed by atoms with Gasteiger partial charge < -0.3 is 15.0 Å². The van der Waals surface area contributed by atoms with Gasteiger partial charge in [-0.3, -0.25) is 24.0 Å². The molecule has 4 aromatic heterocycles. The zero-order valence-corrected chi connectivity index (χ0v) is 24.8. The number of carbonyl (C=O) groups excluding carboxylic acids is 3. The Bertz CT molecular complexity index is 1870. The monoisotopic (exact) mass is 658 g/mol. The Morgan fingerprint density at radius 2 is 1.84 bits per heavy atom. The van der Waals surface area contributed by atoms with Crippen LogP contribution in [0, 0.1) is 0 Å². The first-order valence-corrected chi connectivity index (χ1v) is 14.3. The number of fused-ring (bicyclic) bond motifs is 1. The van der Waals surface area contributed by atoms with Crippen molar-refractivity contribution in [2.45, 2.75) is 32.1 Å². The number of ether oxygens (including phenoxy) is 1. The lowest BCUT2D eigenvalue weighted by Gasteiger charge is -2.23. The van der Waals surface area contributed by atoms with Gasteiger partial charge in [0.2, 0.25) is 11.8 Å². The highest BCUT2D eigenvalue weighted by Crippen LogP contribution is 2.29. The van der Waals surface area contributed by atoms with E-state index >= 15 is 0 Å². The summed E-state index contributed by atoms with van der Waals surface area (Å²) in [5.41, 5.74) is 2.10. The SMILES string of the molecule is CC(=O)c1nn(CC(=O)N2C[C@H](F)C[C@H]2C(=O)Nc2cccc(Br)n2)c2ccc(-c3cnc(Oc4ccncc4)nc3)cc12. The number of likely N-dealkylation sites (tertiary alicyclic amines) is 1. The van der Waals surface area contributed by atoms with Gasteiger partial charge in [0.15, 0.2) is 5.78 Å². The molecule has 12 nitrogen and oxygen atoms in total. The van der Waals surface area contributed by atoms with Crippen LogP contribution in [0.25, 0.3) is 22.0 Å². The molecule has 1 saturated heterocycles.